The second kappa shape index (κ2) is 5.26. The molecule has 0 bridgehead atoms. The third kappa shape index (κ3) is 2.66. The molecule has 102 valence electrons. The Morgan fingerprint density at radius 3 is 2.80 bits per heavy atom. The molecule has 1 aromatic heterocycles. The molecule has 0 aliphatic carbocycles. The maximum absolute atomic E-state index is 11.0. The average Bonchev–Trinajstić information content (AvgIpc) is 2.86. The molecule has 9 nitrogen and oxygen atoms in total. The largest absolute Gasteiger partial charge is 0.366 e. The summed E-state index contributed by atoms with van der Waals surface area (Å²) in [7, 11) is 0. The number of rotatable bonds is 5. The van der Waals surface area contributed by atoms with Gasteiger partial charge in [-0.1, -0.05) is 5.21 Å². The molecule has 0 aliphatic rings. The molecule has 2 aromatic rings. The monoisotopic (exact) mass is 275 g/mol. The Morgan fingerprint density at radius 2 is 2.25 bits per heavy atom. The van der Waals surface area contributed by atoms with Crippen molar-refractivity contribution in [2.45, 2.75) is 6.54 Å². The van der Waals surface area contributed by atoms with Crippen LogP contribution in [0.15, 0.2) is 24.4 Å². The number of aldehydes is 1. The number of aromatic nitrogens is 3. The molecule has 20 heavy (non-hydrogen) atoms. The summed E-state index contributed by atoms with van der Waals surface area (Å²) in [5, 5.41) is 18.2. The quantitative estimate of drug-likeness (QED) is 0.468. The van der Waals surface area contributed by atoms with Crippen LogP contribution < -0.4 is 5.73 Å². The van der Waals surface area contributed by atoms with Gasteiger partial charge in [-0.25, -0.2) is 4.68 Å². The zero-order valence-electron chi connectivity index (χ0n) is 10.1. The molecule has 1 aromatic carbocycles. The van der Waals surface area contributed by atoms with Gasteiger partial charge in [0.15, 0.2) is 6.29 Å². The van der Waals surface area contributed by atoms with E-state index in [2.05, 4.69) is 10.3 Å². The number of nitrogens with two attached hydrogens (primary N) is 1. The Hall–Kier alpha value is -3.10. The van der Waals surface area contributed by atoms with Gasteiger partial charge in [0.05, 0.1) is 23.2 Å². The van der Waals surface area contributed by atoms with Crippen molar-refractivity contribution < 1.29 is 14.5 Å². The summed E-state index contributed by atoms with van der Waals surface area (Å²) in [4.78, 5) is 31.9. The van der Waals surface area contributed by atoms with E-state index in [-0.39, 0.29) is 23.5 Å². The lowest BCUT2D eigenvalue weighted by atomic mass is 10.1. The lowest BCUT2D eigenvalue weighted by molar-refractivity contribution is -0.385. The predicted octanol–water partition coefficient (Wildman–Crippen LogP) is 0.146. The van der Waals surface area contributed by atoms with Crippen LogP contribution in [0.2, 0.25) is 0 Å². The van der Waals surface area contributed by atoms with E-state index < -0.39 is 10.8 Å². The first-order valence-corrected chi connectivity index (χ1v) is 5.43. The number of hydrogen-bond donors (Lipinski definition) is 1. The fourth-order valence-electron chi connectivity index (χ4n) is 1.64. The zero-order valence-corrected chi connectivity index (χ0v) is 10.1. The highest BCUT2D eigenvalue weighted by Gasteiger charge is 2.17. The number of benzene rings is 1. The predicted molar refractivity (Wildman–Crippen MR) is 66.1 cm³/mol. The second-order valence-electron chi connectivity index (χ2n) is 3.92. The van der Waals surface area contributed by atoms with Gasteiger partial charge in [0, 0.05) is 11.6 Å². The van der Waals surface area contributed by atoms with E-state index in [0.717, 1.165) is 6.07 Å². The van der Waals surface area contributed by atoms with Gasteiger partial charge in [0.2, 0.25) is 5.91 Å². The molecule has 0 saturated heterocycles. The van der Waals surface area contributed by atoms with Gasteiger partial charge in [0.1, 0.15) is 5.69 Å². The molecule has 0 aliphatic heterocycles. The van der Waals surface area contributed by atoms with Crippen molar-refractivity contribution in [3.8, 4) is 0 Å². The average molecular weight is 275 g/mol. The Labute approximate surface area is 112 Å². The molecule has 0 radical (unpaired) electrons. The van der Waals surface area contributed by atoms with E-state index in [1.54, 1.807) is 0 Å². The van der Waals surface area contributed by atoms with Crippen LogP contribution in [0.25, 0.3) is 0 Å². The van der Waals surface area contributed by atoms with Gasteiger partial charge in [-0.3, -0.25) is 19.7 Å². The molecule has 0 saturated carbocycles. The van der Waals surface area contributed by atoms with E-state index >= 15 is 0 Å². The number of amides is 1. The standard InChI is InChI=1S/C11H9N5O4/c12-11(18)7-1-2-8(10(3-7)16(19)20)4-15-5-9(6-17)13-14-15/h1-3,5-6H,4H2,(H2,12,18). The van der Waals surface area contributed by atoms with E-state index in [9.17, 15) is 19.7 Å². The minimum absolute atomic E-state index is 0.0487. The summed E-state index contributed by atoms with van der Waals surface area (Å²) < 4.78 is 1.29. The van der Waals surface area contributed by atoms with E-state index in [4.69, 9.17) is 5.73 Å². The minimum Gasteiger partial charge on any atom is -0.366 e. The maximum atomic E-state index is 11.0. The van der Waals surface area contributed by atoms with Crippen molar-refractivity contribution in [3.63, 3.8) is 0 Å². The zero-order chi connectivity index (χ0) is 14.7. The third-order valence-electron chi connectivity index (χ3n) is 2.58. The summed E-state index contributed by atoms with van der Waals surface area (Å²) in [6.07, 6.45) is 1.88. The molecule has 0 spiro atoms. The van der Waals surface area contributed by atoms with Crippen LogP contribution in [0.5, 0.6) is 0 Å². The number of primary amides is 1. The number of nitrogens with zero attached hydrogens (tertiary/aromatic N) is 4. The van der Waals surface area contributed by atoms with Crippen LogP contribution in [0, 0.1) is 10.1 Å². The lowest BCUT2D eigenvalue weighted by Gasteiger charge is -2.04. The Balaban J connectivity index is 2.37. The van der Waals surface area contributed by atoms with Crippen molar-refractivity contribution in [2.75, 3.05) is 0 Å². The normalized spacial score (nSPS) is 10.2. The molecule has 0 fully saturated rings. The molecule has 1 heterocycles. The van der Waals surface area contributed by atoms with Gasteiger partial charge in [-0.2, -0.15) is 0 Å². The van der Waals surface area contributed by atoms with Crippen molar-refractivity contribution in [2.24, 2.45) is 5.73 Å². The summed E-state index contributed by atoms with van der Waals surface area (Å²) in [5.74, 6) is -0.747. The highest BCUT2D eigenvalue weighted by Crippen LogP contribution is 2.21. The van der Waals surface area contributed by atoms with Crippen molar-refractivity contribution in [3.05, 3.63) is 51.3 Å². The summed E-state index contributed by atoms with van der Waals surface area (Å²) in [5.41, 5.74) is 5.33. The summed E-state index contributed by atoms with van der Waals surface area (Å²) in [6, 6.07) is 3.91. The van der Waals surface area contributed by atoms with Gasteiger partial charge in [-0.15, -0.1) is 5.10 Å². The molecule has 0 unspecified atom stereocenters. The van der Waals surface area contributed by atoms with Gasteiger partial charge >= 0.3 is 0 Å². The fraction of sp³-hybridized carbons (Fsp3) is 0.0909. The Morgan fingerprint density at radius 1 is 1.50 bits per heavy atom. The number of carbonyl (C=O) groups excluding carboxylic acids is 2. The number of carbonyl (C=O) groups is 2. The smallest absolute Gasteiger partial charge is 0.275 e. The Kier molecular flexibility index (Phi) is 3.51. The van der Waals surface area contributed by atoms with Crippen molar-refractivity contribution in [1.29, 1.82) is 0 Å². The van der Waals surface area contributed by atoms with Crippen LogP contribution >= 0.6 is 0 Å². The molecular weight excluding hydrogens is 266 g/mol. The second-order valence-corrected chi connectivity index (χ2v) is 3.92. The van der Waals surface area contributed by atoms with Crippen molar-refractivity contribution in [1.82, 2.24) is 15.0 Å². The van der Waals surface area contributed by atoms with Gasteiger partial charge in [0.25, 0.3) is 5.69 Å². The molecule has 2 N–H and O–H groups in total. The molecule has 0 atom stereocenters. The van der Waals surface area contributed by atoms with Crippen LogP contribution in [-0.2, 0) is 6.54 Å². The van der Waals surface area contributed by atoms with Crippen LogP contribution in [0.3, 0.4) is 0 Å². The summed E-state index contributed by atoms with van der Waals surface area (Å²) >= 11 is 0. The SMILES string of the molecule is NC(=O)c1ccc(Cn2cc(C=O)nn2)c([N+](=O)[O-])c1. The lowest BCUT2D eigenvalue weighted by Crippen LogP contribution is -2.12. The molecular formula is C11H9N5O4. The third-order valence-corrected chi connectivity index (χ3v) is 2.58. The van der Waals surface area contributed by atoms with Crippen LogP contribution in [-0.4, -0.2) is 32.1 Å². The van der Waals surface area contributed by atoms with Crippen LogP contribution in [0.1, 0.15) is 26.4 Å². The van der Waals surface area contributed by atoms with Gasteiger partial charge < -0.3 is 5.73 Å². The highest BCUT2D eigenvalue weighted by atomic mass is 16.6. The highest BCUT2D eigenvalue weighted by molar-refractivity contribution is 5.93. The number of nitro benzene ring substituents is 1. The van der Waals surface area contributed by atoms with Crippen LogP contribution in [0.4, 0.5) is 5.69 Å². The van der Waals surface area contributed by atoms with E-state index in [1.807, 2.05) is 0 Å². The van der Waals surface area contributed by atoms with E-state index in [1.165, 1.54) is 23.0 Å². The first-order valence-electron chi connectivity index (χ1n) is 5.43. The minimum atomic E-state index is -0.747. The van der Waals surface area contributed by atoms with Crippen molar-refractivity contribution >= 4 is 17.9 Å². The molecule has 2 rings (SSSR count). The van der Waals surface area contributed by atoms with E-state index in [0.29, 0.717) is 11.8 Å². The first kappa shape index (κ1) is 13.3. The Bertz CT molecular complexity index is 694. The molecule has 9 heteroatoms. The summed E-state index contributed by atoms with van der Waals surface area (Å²) in [6.45, 7) is 0.0518. The molecule has 1 amide bonds. The van der Waals surface area contributed by atoms with Gasteiger partial charge in [-0.05, 0) is 12.1 Å². The topological polar surface area (TPSA) is 134 Å². The number of nitro groups is 1. The maximum Gasteiger partial charge on any atom is 0.275 e. The fourth-order valence-corrected chi connectivity index (χ4v) is 1.64. The first-order chi connectivity index (χ1) is 9.51. The number of hydrogen-bond acceptors (Lipinski definition) is 6.